The molecule has 23 heavy (non-hydrogen) atoms. The van der Waals surface area contributed by atoms with Crippen molar-refractivity contribution in [1.82, 2.24) is 5.32 Å². The summed E-state index contributed by atoms with van der Waals surface area (Å²) in [5.41, 5.74) is 1.27. The summed E-state index contributed by atoms with van der Waals surface area (Å²) in [6, 6.07) is 7.78. The average molecular weight is 316 g/mol. The monoisotopic (exact) mass is 316 g/mol. The highest BCUT2D eigenvalue weighted by atomic mass is 16.3. The van der Waals surface area contributed by atoms with Crippen molar-refractivity contribution in [2.24, 2.45) is 5.92 Å². The van der Waals surface area contributed by atoms with Gasteiger partial charge in [0.2, 0.25) is 11.8 Å². The number of aliphatic hydroxyl groups is 1. The Balaban J connectivity index is 1.46. The molecule has 2 aliphatic rings. The van der Waals surface area contributed by atoms with E-state index in [4.69, 9.17) is 0 Å². The molecule has 0 spiro atoms. The van der Waals surface area contributed by atoms with Crippen LogP contribution in [-0.4, -0.2) is 29.1 Å². The fourth-order valence-corrected chi connectivity index (χ4v) is 3.51. The first kappa shape index (κ1) is 16.0. The topological polar surface area (TPSA) is 78.4 Å². The van der Waals surface area contributed by atoms with Crippen LogP contribution in [0.2, 0.25) is 0 Å². The quantitative estimate of drug-likeness (QED) is 0.777. The molecule has 1 unspecified atom stereocenters. The Kier molecular flexibility index (Phi) is 4.66. The fraction of sp³-hybridized carbons (Fsp3) is 0.556. The van der Waals surface area contributed by atoms with Crippen LogP contribution < -0.4 is 10.6 Å². The molecule has 3 N–H and O–H groups in total. The standard InChI is InChI=1S/C18H24N2O3/c21-16(19-12-18(23)9-3-4-10-18)8-7-14-11-13-5-1-2-6-15(13)20-17(14)22/h1-2,5-6,14,23H,3-4,7-12H2,(H,19,21)(H,20,22). The number of anilines is 1. The molecule has 1 heterocycles. The van der Waals surface area contributed by atoms with Gasteiger partial charge in [-0.1, -0.05) is 31.0 Å². The fourth-order valence-electron chi connectivity index (χ4n) is 3.51. The number of rotatable bonds is 5. The molecule has 2 amide bonds. The van der Waals surface area contributed by atoms with E-state index in [1.165, 1.54) is 0 Å². The summed E-state index contributed by atoms with van der Waals surface area (Å²) in [5, 5.41) is 16.0. The van der Waals surface area contributed by atoms with Crippen molar-refractivity contribution in [2.75, 3.05) is 11.9 Å². The second-order valence-electron chi connectivity index (χ2n) is 6.79. The Labute approximate surface area is 136 Å². The number of carbonyl (C=O) groups is 2. The van der Waals surface area contributed by atoms with Gasteiger partial charge in [0.1, 0.15) is 0 Å². The summed E-state index contributed by atoms with van der Waals surface area (Å²) in [6.45, 7) is 0.325. The Morgan fingerprint density at radius 2 is 2.04 bits per heavy atom. The zero-order valence-corrected chi connectivity index (χ0v) is 13.3. The molecule has 0 radical (unpaired) electrons. The van der Waals surface area contributed by atoms with Crippen LogP contribution in [0.25, 0.3) is 0 Å². The van der Waals surface area contributed by atoms with Gasteiger partial charge in [0.15, 0.2) is 0 Å². The van der Waals surface area contributed by atoms with E-state index in [1.807, 2.05) is 24.3 Å². The molecule has 1 aromatic rings. The van der Waals surface area contributed by atoms with Crippen molar-refractivity contribution in [2.45, 2.75) is 50.5 Å². The maximum absolute atomic E-state index is 12.1. The van der Waals surface area contributed by atoms with Gasteiger partial charge in [-0.05, 0) is 37.3 Å². The van der Waals surface area contributed by atoms with Crippen molar-refractivity contribution in [3.63, 3.8) is 0 Å². The third-order valence-electron chi connectivity index (χ3n) is 4.98. The predicted octanol–water partition coefficient (Wildman–Crippen LogP) is 2.00. The van der Waals surface area contributed by atoms with Crippen LogP contribution in [0.15, 0.2) is 24.3 Å². The molecule has 0 bridgehead atoms. The van der Waals surface area contributed by atoms with Crippen LogP contribution >= 0.6 is 0 Å². The van der Waals surface area contributed by atoms with E-state index >= 15 is 0 Å². The maximum atomic E-state index is 12.1. The maximum Gasteiger partial charge on any atom is 0.227 e. The van der Waals surface area contributed by atoms with Crippen LogP contribution in [-0.2, 0) is 16.0 Å². The molecule has 0 aromatic heterocycles. The van der Waals surface area contributed by atoms with E-state index in [0.717, 1.165) is 36.9 Å². The highest BCUT2D eigenvalue weighted by Gasteiger charge is 2.31. The summed E-state index contributed by atoms with van der Waals surface area (Å²) < 4.78 is 0. The minimum atomic E-state index is -0.725. The first-order valence-electron chi connectivity index (χ1n) is 8.44. The SMILES string of the molecule is O=C(CCC1Cc2ccccc2NC1=O)NCC1(O)CCCC1. The average Bonchev–Trinajstić information content (AvgIpc) is 2.98. The van der Waals surface area contributed by atoms with Gasteiger partial charge in [0.25, 0.3) is 0 Å². The first-order valence-corrected chi connectivity index (χ1v) is 8.44. The number of fused-ring (bicyclic) bond motifs is 1. The predicted molar refractivity (Wildman–Crippen MR) is 87.9 cm³/mol. The lowest BCUT2D eigenvalue weighted by Crippen LogP contribution is -2.41. The van der Waals surface area contributed by atoms with Gasteiger partial charge < -0.3 is 15.7 Å². The van der Waals surface area contributed by atoms with Crippen molar-refractivity contribution in [1.29, 1.82) is 0 Å². The Bertz CT molecular complexity index is 594. The molecule has 1 saturated carbocycles. The van der Waals surface area contributed by atoms with Crippen LogP contribution in [0.3, 0.4) is 0 Å². The zero-order valence-electron chi connectivity index (χ0n) is 13.3. The molecule has 1 fully saturated rings. The number of para-hydroxylation sites is 1. The van der Waals surface area contributed by atoms with Gasteiger partial charge in [0, 0.05) is 24.6 Å². The summed E-state index contributed by atoms with van der Waals surface area (Å²) >= 11 is 0. The Morgan fingerprint density at radius 3 is 2.83 bits per heavy atom. The third-order valence-corrected chi connectivity index (χ3v) is 4.98. The molecular formula is C18H24N2O3. The Morgan fingerprint density at radius 1 is 1.30 bits per heavy atom. The minimum Gasteiger partial charge on any atom is -0.388 e. The van der Waals surface area contributed by atoms with Crippen molar-refractivity contribution >= 4 is 17.5 Å². The zero-order chi connectivity index (χ0) is 16.3. The van der Waals surface area contributed by atoms with Crippen LogP contribution in [0, 0.1) is 5.92 Å². The number of amides is 2. The van der Waals surface area contributed by atoms with Crippen molar-refractivity contribution < 1.29 is 14.7 Å². The summed E-state index contributed by atoms with van der Waals surface area (Å²) in [4.78, 5) is 24.1. The lowest BCUT2D eigenvalue weighted by molar-refractivity contribution is -0.123. The van der Waals surface area contributed by atoms with E-state index in [0.29, 0.717) is 25.8 Å². The van der Waals surface area contributed by atoms with Gasteiger partial charge in [-0.15, -0.1) is 0 Å². The highest BCUT2D eigenvalue weighted by molar-refractivity contribution is 5.96. The van der Waals surface area contributed by atoms with E-state index in [1.54, 1.807) is 0 Å². The first-order chi connectivity index (χ1) is 11.1. The van der Waals surface area contributed by atoms with Crippen molar-refractivity contribution in [3.8, 4) is 0 Å². The van der Waals surface area contributed by atoms with Crippen LogP contribution in [0.1, 0.15) is 44.1 Å². The number of benzene rings is 1. The largest absolute Gasteiger partial charge is 0.388 e. The molecule has 1 aliphatic carbocycles. The van der Waals surface area contributed by atoms with E-state index in [2.05, 4.69) is 10.6 Å². The molecule has 0 saturated heterocycles. The number of nitrogens with one attached hydrogen (secondary N) is 2. The second-order valence-corrected chi connectivity index (χ2v) is 6.79. The summed E-state index contributed by atoms with van der Waals surface area (Å²) in [6.07, 6.45) is 5.09. The van der Waals surface area contributed by atoms with Gasteiger partial charge >= 0.3 is 0 Å². The minimum absolute atomic E-state index is 0.00841. The van der Waals surface area contributed by atoms with Gasteiger partial charge in [0.05, 0.1) is 5.60 Å². The lowest BCUT2D eigenvalue weighted by Gasteiger charge is -2.25. The van der Waals surface area contributed by atoms with E-state index < -0.39 is 5.60 Å². The normalized spacial score (nSPS) is 22.3. The highest BCUT2D eigenvalue weighted by Crippen LogP contribution is 2.29. The smallest absolute Gasteiger partial charge is 0.227 e. The third kappa shape index (κ3) is 3.91. The molecule has 3 rings (SSSR count). The molecule has 124 valence electrons. The molecule has 1 aliphatic heterocycles. The molecule has 1 aromatic carbocycles. The lowest BCUT2D eigenvalue weighted by atomic mass is 9.89. The number of hydrogen-bond donors (Lipinski definition) is 3. The van der Waals surface area contributed by atoms with Gasteiger partial charge in [-0.2, -0.15) is 0 Å². The van der Waals surface area contributed by atoms with Crippen LogP contribution in [0.5, 0.6) is 0 Å². The molecule has 5 nitrogen and oxygen atoms in total. The van der Waals surface area contributed by atoms with Gasteiger partial charge in [-0.3, -0.25) is 9.59 Å². The van der Waals surface area contributed by atoms with E-state index in [-0.39, 0.29) is 17.7 Å². The molecule has 5 heteroatoms. The number of hydrogen-bond acceptors (Lipinski definition) is 3. The molecular weight excluding hydrogens is 292 g/mol. The van der Waals surface area contributed by atoms with Crippen LogP contribution in [0.4, 0.5) is 5.69 Å². The van der Waals surface area contributed by atoms with Gasteiger partial charge in [-0.25, -0.2) is 0 Å². The van der Waals surface area contributed by atoms with E-state index in [9.17, 15) is 14.7 Å². The molecule has 1 atom stereocenters. The summed E-state index contributed by atoms with van der Waals surface area (Å²) in [7, 11) is 0. The second kappa shape index (κ2) is 6.71. The number of carbonyl (C=O) groups excluding carboxylic acids is 2. The van der Waals surface area contributed by atoms with Crippen molar-refractivity contribution in [3.05, 3.63) is 29.8 Å². The Hall–Kier alpha value is -1.88. The summed E-state index contributed by atoms with van der Waals surface area (Å²) in [5.74, 6) is -0.256.